The molecule has 1 fully saturated rings. The van der Waals surface area contributed by atoms with E-state index in [0.717, 1.165) is 31.4 Å². The average molecular weight is 340 g/mol. The number of amides is 2. The van der Waals surface area contributed by atoms with Gasteiger partial charge < -0.3 is 10.6 Å². The smallest absolute Gasteiger partial charge is 0.314 e. The Hall–Kier alpha value is -2.63. The van der Waals surface area contributed by atoms with Gasteiger partial charge in [-0.2, -0.15) is 5.10 Å². The maximum Gasteiger partial charge on any atom is 0.314 e. The van der Waals surface area contributed by atoms with Crippen LogP contribution >= 0.6 is 0 Å². The van der Waals surface area contributed by atoms with E-state index in [0.29, 0.717) is 11.7 Å². The lowest BCUT2D eigenvalue weighted by molar-refractivity contribution is -0.136. The van der Waals surface area contributed by atoms with Crippen LogP contribution in [0.5, 0.6) is 0 Å². The lowest BCUT2D eigenvalue weighted by Gasteiger charge is -2.28. The molecule has 25 heavy (non-hydrogen) atoms. The van der Waals surface area contributed by atoms with Crippen LogP contribution in [0.4, 0.5) is 5.82 Å². The Bertz CT molecular complexity index is 726. The van der Waals surface area contributed by atoms with E-state index in [1.54, 1.807) is 16.9 Å². The van der Waals surface area contributed by atoms with Crippen LogP contribution in [0.15, 0.2) is 42.6 Å². The lowest BCUT2D eigenvalue weighted by Crippen LogP contribution is -2.44. The normalized spacial score (nSPS) is 20.0. The molecule has 0 spiro atoms. The fourth-order valence-electron chi connectivity index (χ4n) is 3.39. The molecule has 1 heterocycles. The molecular formula is C19H24N4O2. The minimum atomic E-state index is -0.656. The van der Waals surface area contributed by atoms with Crippen LogP contribution in [-0.2, 0) is 9.59 Å². The number of carbonyl (C=O) groups excluding carboxylic acids is 2. The van der Waals surface area contributed by atoms with Gasteiger partial charge in [0.25, 0.3) is 0 Å². The van der Waals surface area contributed by atoms with Crippen LogP contribution in [0.1, 0.15) is 39.0 Å². The molecule has 6 nitrogen and oxygen atoms in total. The summed E-state index contributed by atoms with van der Waals surface area (Å²) >= 11 is 0. The van der Waals surface area contributed by atoms with E-state index in [4.69, 9.17) is 0 Å². The summed E-state index contributed by atoms with van der Waals surface area (Å²) in [5, 5.41) is 9.73. The third-order valence-electron chi connectivity index (χ3n) is 4.79. The first kappa shape index (κ1) is 17.2. The van der Waals surface area contributed by atoms with Gasteiger partial charge in [-0.15, -0.1) is 0 Å². The average Bonchev–Trinajstić information content (AvgIpc) is 3.10. The highest BCUT2D eigenvalue weighted by molar-refractivity contribution is 6.39. The first-order chi connectivity index (χ1) is 12.2. The van der Waals surface area contributed by atoms with Gasteiger partial charge in [0.1, 0.15) is 5.82 Å². The van der Waals surface area contributed by atoms with E-state index in [-0.39, 0.29) is 6.04 Å². The molecular weight excluding hydrogens is 316 g/mol. The number of aromatic nitrogens is 2. The molecule has 1 aromatic carbocycles. The SMILES string of the molecule is CCC1CCCC(NC(=O)C(=O)Nc2ccnn2-c2ccccc2)C1. The molecule has 2 unspecified atom stereocenters. The van der Waals surface area contributed by atoms with Crippen molar-refractivity contribution in [2.24, 2.45) is 5.92 Å². The van der Waals surface area contributed by atoms with Crippen molar-refractivity contribution in [1.29, 1.82) is 0 Å². The summed E-state index contributed by atoms with van der Waals surface area (Å²) in [7, 11) is 0. The van der Waals surface area contributed by atoms with Gasteiger partial charge in [-0.25, -0.2) is 4.68 Å². The number of anilines is 1. The Labute approximate surface area is 147 Å². The van der Waals surface area contributed by atoms with Crippen LogP contribution in [0, 0.1) is 5.92 Å². The van der Waals surface area contributed by atoms with Crippen molar-refractivity contribution in [3.8, 4) is 5.69 Å². The Balaban J connectivity index is 1.61. The van der Waals surface area contributed by atoms with Crippen molar-refractivity contribution in [3.63, 3.8) is 0 Å². The molecule has 2 aromatic rings. The fourth-order valence-corrected chi connectivity index (χ4v) is 3.39. The predicted octanol–water partition coefficient (Wildman–Crippen LogP) is 2.90. The number of para-hydroxylation sites is 1. The molecule has 6 heteroatoms. The van der Waals surface area contributed by atoms with Gasteiger partial charge in [0.05, 0.1) is 11.9 Å². The highest BCUT2D eigenvalue weighted by Crippen LogP contribution is 2.26. The topological polar surface area (TPSA) is 76.0 Å². The minimum absolute atomic E-state index is 0.0935. The molecule has 2 amide bonds. The van der Waals surface area contributed by atoms with Crippen molar-refractivity contribution >= 4 is 17.6 Å². The summed E-state index contributed by atoms with van der Waals surface area (Å²) < 4.78 is 1.60. The van der Waals surface area contributed by atoms with Crippen molar-refractivity contribution in [2.45, 2.75) is 45.1 Å². The number of rotatable bonds is 4. The van der Waals surface area contributed by atoms with E-state index < -0.39 is 11.8 Å². The molecule has 132 valence electrons. The van der Waals surface area contributed by atoms with E-state index in [2.05, 4.69) is 22.7 Å². The standard InChI is InChI=1S/C19H24N4O2/c1-2-14-7-6-8-15(13-14)21-18(24)19(25)22-17-11-12-20-23(17)16-9-4-3-5-10-16/h3-5,9-12,14-15H,2,6-8,13H2,1H3,(H,21,24)(H,22,25). The minimum Gasteiger partial charge on any atom is -0.345 e. The molecule has 1 saturated carbocycles. The summed E-state index contributed by atoms with van der Waals surface area (Å²) in [6, 6.07) is 11.2. The van der Waals surface area contributed by atoms with Gasteiger partial charge in [-0.1, -0.05) is 44.4 Å². The number of carbonyl (C=O) groups is 2. The lowest BCUT2D eigenvalue weighted by atomic mass is 9.84. The molecule has 0 saturated heterocycles. The highest BCUT2D eigenvalue weighted by atomic mass is 16.2. The van der Waals surface area contributed by atoms with Crippen molar-refractivity contribution < 1.29 is 9.59 Å². The highest BCUT2D eigenvalue weighted by Gasteiger charge is 2.25. The monoisotopic (exact) mass is 340 g/mol. The first-order valence-corrected chi connectivity index (χ1v) is 8.88. The van der Waals surface area contributed by atoms with E-state index in [1.807, 2.05) is 30.3 Å². The molecule has 2 N–H and O–H groups in total. The number of nitrogens with one attached hydrogen (secondary N) is 2. The molecule has 2 atom stereocenters. The van der Waals surface area contributed by atoms with Gasteiger partial charge in [0.2, 0.25) is 0 Å². The molecule has 1 aliphatic rings. The number of hydrogen-bond donors (Lipinski definition) is 2. The summed E-state index contributed by atoms with van der Waals surface area (Å²) in [6.07, 6.45) is 6.93. The maximum atomic E-state index is 12.3. The second-order valence-electron chi connectivity index (χ2n) is 6.53. The van der Waals surface area contributed by atoms with Crippen LogP contribution in [0.25, 0.3) is 5.69 Å². The molecule has 0 radical (unpaired) electrons. The zero-order valence-electron chi connectivity index (χ0n) is 14.4. The van der Waals surface area contributed by atoms with Crippen molar-refractivity contribution in [3.05, 3.63) is 42.6 Å². The van der Waals surface area contributed by atoms with Gasteiger partial charge in [-0.3, -0.25) is 9.59 Å². The zero-order chi connectivity index (χ0) is 17.6. The molecule has 1 aliphatic carbocycles. The summed E-state index contributed by atoms with van der Waals surface area (Å²) in [6.45, 7) is 2.17. The fraction of sp³-hybridized carbons (Fsp3) is 0.421. The molecule has 1 aromatic heterocycles. The number of benzene rings is 1. The third-order valence-corrected chi connectivity index (χ3v) is 4.79. The van der Waals surface area contributed by atoms with E-state index in [1.165, 1.54) is 6.42 Å². The Morgan fingerprint density at radius 2 is 1.96 bits per heavy atom. The van der Waals surface area contributed by atoms with Crippen LogP contribution in [-0.4, -0.2) is 27.6 Å². The van der Waals surface area contributed by atoms with Gasteiger partial charge >= 0.3 is 11.8 Å². The summed E-state index contributed by atoms with van der Waals surface area (Å²) in [5.74, 6) is -0.123. The van der Waals surface area contributed by atoms with E-state index in [9.17, 15) is 9.59 Å². The molecule has 0 aliphatic heterocycles. The van der Waals surface area contributed by atoms with Crippen LogP contribution in [0.2, 0.25) is 0 Å². The Morgan fingerprint density at radius 1 is 1.16 bits per heavy atom. The number of nitrogens with zero attached hydrogens (tertiary/aromatic N) is 2. The van der Waals surface area contributed by atoms with Gasteiger partial charge in [-0.05, 0) is 30.9 Å². The van der Waals surface area contributed by atoms with Crippen LogP contribution in [0.3, 0.4) is 0 Å². The Morgan fingerprint density at radius 3 is 2.72 bits per heavy atom. The zero-order valence-corrected chi connectivity index (χ0v) is 14.4. The summed E-state index contributed by atoms with van der Waals surface area (Å²) in [5.41, 5.74) is 0.821. The molecule has 3 rings (SSSR count). The largest absolute Gasteiger partial charge is 0.345 e. The second-order valence-corrected chi connectivity index (χ2v) is 6.53. The second kappa shape index (κ2) is 7.96. The predicted molar refractivity (Wildman–Crippen MR) is 96.4 cm³/mol. The van der Waals surface area contributed by atoms with E-state index >= 15 is 0 Å². The Kier molecular flexibility index (Phi) is 5.48. The summed E-state index contributed by atoms with van der Waals surface area (Å²) in [4.78, 5) is 24.5. The molecule has 0 bridgehead atoms. The van der Waals surface area contributed by atoms with Crippen LogP contribution < -0.4 is 10.6 Å². The maximum absolute atomic E-state index is 12.3. The number of hydrogen-bond acceptors (Lipinski definition) is 3. The quantitative estimate of drug-likeness (QED) is 0.840. The third kappa shape index (κ3) is 4.26. The van der Waals surface area contributed by atoms with Gasteiger partial charge in [0, 0.05) is 12.1 Å². The van der Waals surface area contributed by atoms with Crippen molar-refractivity contribution in [1.82, 2.24) is 15.1 Å². The first-order valence-electron chi connectivity index (χ1n) is 8.88. The van der Waals surface area contributed by atoms with Gasteiger partial charge in [0.15, 0.2) is 0 Å². The van der Waals surface area contributed by atoms with Crippen molar-refractivity contribution in [2.75, 3.05) is 5.32 Å².